The fraction of sp³-hybridized carbons (Fsp3) is 0.0588. The molecule has 0 saturated heterocycles. The predicted octanol–water partition coefficient (Wildman–Crippen LogP) is 32.4. The van der Waals surface area contributed by atoms with Crippen molar-refractivity contribution in [2.24, 2.45) is 0 Å². The Labute approximate surface area is 741 Å². The highest BCUT2D eigenvalue weighted by molar-refractivity contribution is 6.29. The molecule has 4 aliphatic heterocycles. The lowest BCUT2D eigenvalue weighted by atomic mass is 9.68. The molecule has 5 aliphatic rings. The molecule has 0 atom stereocenters. The van der Waals surface area contributed by atoms with E-state index in [2.05, 4.69) is 457 Å². The predicted molar refractivity (Wildman–Crippen MR) is 531 cm³/mol. The first-order valence-corrected chi connectivity index (χ1v) is 44.2. The molecule has 0 radical (unpaired) electrons. The Hall–Kier alpha value is -16.4. The van der Waals surface area contributed by atoms with E-state index in [1.807, 2.05) is 24.8 Å². The number of hydrogen-bond donors (Lipinski definition) is 0. The van der Waals surface area contributed by atoms with Crippen LogP contribution in [0.4, 0.5) is 102 Å². The average molecular weight is 1640 g/mol. The summed E-state index contributed by atoms with van der Waals surface area (Å²) in [5.41, 5.74) is 33.7. The monoisotopic (exact) mass is 1640 g/mol. The molecular formula is C119H82N8O. The van der Waals surface area contributed by atoms with Gasteiger partial charge in [0, 0.05) is 86.0 Å². The van der Waals surface area contributed by atoms with Crippen LogP contribution in [-0.4, -0.2) is 9.97 Å². The van der Waals surface area contributed by atoms with Crippen molar-refractivity contribution in [2.45, 2.75) is 43.9 Å². The van der Waals surface area contributed by atoms with Crippen LogP contribution in [0, 0.1) is 0 Å². The van der Waals surface area contributed by atoms with Crippen LogP contribution in [0.2, 0.25) is 0 Å². The Morgan fingerprint density at radius 2 is 0.609 bits per heavy atom. The number of furan rings is 1. The van der Waals surface area contributed by atoms with Crippen LogP contribution in [0.15, 0.2) is 430 Å². The Morgan fingerprint density at radius 1 is 0.211 bits per heavy atom. The van der Waals surface area contributed by atoms with E-state index in [1.54, 1.807) is 0 Å². The number of nitrogens with zero attached hydrogens (tertiary/aromatic N) is 8. The van der Waals surface area contributed by atoms with Gasteiger partial charge in [-0.05, 0) is 263 Å². The number of hydrogen-bond acceptors (Lipinski definition) is 9. The van der Waals surface area contributed by atoms with Gasteiger partial charge in [-0.15, -0.1) is 0 Å². The fourth-order valence-electron chi connectivity index (χ4n) is 22.4. The molecule has 604 valence electrons. The fourth-order valence-corrected chi connectivity index (χ4v) is 22.4. The van der Waals surface area contributed by atoms with Gasteiger partial charge < -0.3 is 33.8 Å². The first kappa shape index (κ1) is 73.2. The molecule has 0 unspecified atom stereocenters. The number of rotatable bonds is 8. The van der Waals surface area contributed by atoms with Gasteiger partial charge >= 0.3 is 0 Å². The molecular weight excluding hydrogens is 1560 g/mol. The van der Waals surface area contributed by atoms with Gasteiger partial charge in [-0.2, -0.15) is 0 Å². The molecule has 3 aromatic heterocycles. The third-order valence-corrected chi connectivity index (χ3v) is 28.2. The molecule has 128 heavy (non-hydrogen) atoms. The standard InChI is InChI=1S/C67H44N6.C52H38N2O/c1-3-19-51(20-4-1)70-59-25-9-12-28-62(59)72(63-29-13-10-26-60(63)70)53-33-31-45-38-48-40-54(34-32-46(48)37-47(45)39-53)73-64-30-14-11-27-61(64)71(52-21-5-2-6-22-52)65-41-56-55-23-7-8-24-57(55)67(58(56)42-66(65)73,49-17-15-35-68-43-49)50-18-16-36-69-44-50;1-51(2)37-14-6-9-17-43(37)53(44-18-10-7-15-38(44)51)41-27-23-31-22-26-35-42(28-24-32-21-25-34(41)49(31)50(32)35)54-45-19-11-8-16-39(45)52(3,4)40-29-36-33-13-5-12-20-47(33)55-48(36)30-46(40)54/h1-44H;5-30H,1-4H3. The van der Waals surface area contributed by atoms with Crippen LogP contribution in [0.5, 0.6) is 0 Å². The SMILES string of the molecule is CC1(C)c2ccccc2N(c2ccc3ccc4c(N5c6ccccc6C(C)(C)c6cc7c(cc65)oc5ccccc57)ccc5ccc2c3c54)c2ccccc21.c1ccc(N2c3ccccc3N(c3ccc4cc5cc(N6c7ccccc7N(c7ccccc7)c7cc8c(cc76)C(c6cccnc6)(c6cccnc6)c6ccccc6-8)ccc5cc4c3)c3ccccc32)cc1. The maximum atomic E-state index is 6.54. The van der Waals surface area contributed by atoms with Crippen molar-refractivity contribution in [3.05, 3.63) is 470 Å². The summed E-state index contributed by atoms with van der Waals surface area (Å²) in [6.45, 7) is 9.43. The van der Waals surface area contributed by atoms with Crippen molar-refractivity contribution in [1.29, 1.82) is 0 Å². The van der Waals surface area contributed by atoms with E-state index in [0.29, 0.717) is 0 Å². The smallest absolute Gasteiger partial charge is 0.137 e. The summed E-state index contributed by atoms with van der Waals surface area (Å²) in [5, 5.41) is 14.6. The van der Waals surface area contributed by atoms with Crippen molar-refractivity contribution < 1.29 is 4.42 Å². The zero-order valence-electron chi connectivity index (χ0n) is 70.9. The third-order valence-electron chi connectivity index (χ3n) is 28.2. The molecule has 1 aliphatic carbocycles. The zero-order valence-corrected chi connectivity index (χ0v) is 70.9. The second kappa shape index (κ2) is 27.8. The van der Waals surface area contributed by atoms with E-state index >= 15 is 0 Å². The van der Waals surface area contributed by atoms with Crippen LogP contribution in [-0.2, 0) is 16.2 Å². The maximum Gasteiger partial charge on any atom is 0.137 e. The number of anilines is 18. The van der Waals surface area contributed by atoms with E-state index in [4.69, 9.17) is 14.4 Å². The summed E-state index contributed by atoms with van der Waals surface area (Å²) >= 11 is 0. The van der Waals surface area contributed by atoms with E-state index in [9.17, 15) is 0 Å². The minimum Gasteiger partial charge on any atom is -0.456 e. The molecule has 9 heteroatoms. The Balaban J connectivity index is 0.000000141. The van der Waals surface area contributed by atoms with Crippen molar-refractivity contribution >= 4 is 178 Å². The van der Waals surface area contributed by atoms with Gasteiger partial charge in [-0.1, -0.05) is 258 Å². The van der Waals surface area contributed by atoms with Crippen LogP contribution >= 0.6 is 0 Å². The lowest BCUT2D eigenvalue weighted by Crippen LogP contribution is -2.30. The number of fused-ring (bicyclic) bond motifs is 16. The first-order chi connectivity index (χ1) is 63.0. The molecule has 9 nitrogen and oxygen atoms in total. The Bertz CT molecular complexity index is 8190. The van der Waals surface area contributed by atoms with E-state index in [1.165, 1.54) is 127 Å². The highest BCUT2D eigenvalue weighted by atomic mass is 16.3. The molecule has 19 aromatic carbocycles. The number of para-hydroxylation sites is 12. The molecule has 0 saturated carbocycles. The Morgan fingerprint density at radius 3 is 1.11 bits per heavy atom. The van der Waals surface area contributed by atoms with Crippen molar-refractivity contribution in [3.8, 4) is 11.1 Å². The van der Waals surface area contributed by atoms with Crippen LogP contribution < -0.4 is 29.4 Å². The first-order valence-electron chi connectivity index (χ1n) is 44.2. The van der Waals surface area contributed by atoms with Crippen LogP contribution in [0.3, 0.4) is 0 Å². The number of pyridine rings is 2. The highest BCUT2D eigenvalue weighted by Gasteiger charge is 2.49. The number of aromatic nitrogens is 2. The van der Waals surface area contributed by atoms with Gasteiger partial charge in [0.25, 0.3) is 0 Å². The van der Waals surface area contributed by atoms with E-state index in [0.717, 1.165) is 107 Å². The van der Waals surface area contributed by atoms with Gasteiger partial charge in [-0.25, -0.2) is 0 Å². The lowest BCUT2D eigenvalue weighted by Gasteiger charge is -2.42. The minimum absolute atomic E-state index is 0.119. The van der Waals surface area contributed by atoms with Crippen molar-refractivity contribution in [3.63, 3.8) is 0 Å². The third kappa shape index (κ3) is 10.6. The zero-order chi connectivity index (χ0) is 84.8. The van der Waals surface area contributed by atoms with Crippen LogP contribution in [0.25, 0.3) is 86.9 Å². The quantitative estimate of drug-likeness (QED) is 0.109. The molecule has 0 N–H and O–H groups in total. The van der Waals surface area contributed by atoms with Gasteiger partial charge in [0.05, 0.1) is 85.0 Å². The minimum atomic E-state index is -0.676. The normalized spacial score (nSPS) is 14.5. The lowest BCUT2D eigenvalue weighted by molar-refractivity contribution is 0.631. The van der Waals surface area contributed by atoms with Crippen molar-refractivity contribution in [1.82, 2.24) is 9.97 Å². The molecule has 27 rings (SSSR count). The summed E-state index contributed by atoms with van der Waals surface area (Å²) < 4.78 is 6.54. The highest BCUT2D eigenvalue weighted by Crippen LogP contribution is 2.65. The summed E-state index contributed by atoms with van der Waals surface area (Å²) in [7, 11) is 0. The average Bonchev–Trinajstić information content (AvgIpc) is 1.40. The summed E-state index contributed by atoms with van der Waals surface area (Å²) in [6, 6.07) is 147. The van der Waals surface area contributed by atoms with E-state index < -0.39 is 5.41 Å². The molecule has 0 amide bonds. The van der Waals surface area contributed by atoms with Gasteiger partial charge in [0.15, 0.2) is 0 Å². The van der Waals surface area contributed by atoms with Gasteiger partial charge in [-0.3, -0.25) is 9.97 Å². The Kier molecular flexibility index (Phi) is 15.9. The summed E-state index contributed by atoms with van der Waals surface area (Å²) in [5.74, 6) is 0. The molecule has 0 fully saturated rings. The molecule has 0 spiro atoms. The summed E-state index contributed by atoms with van der Waals surface area (Å²) in [4.78, 5) is 24.2. The maximum absolute atomic E-state index is 6.54. The largest absolute Gasteiger partial charge is 0.456 e. The molecule has 7 heterocycles. The molecule has 22 aromatic rings. The van der Waals surface area contributed by atoms with Crippen LogP contribution in [0.1, 0.15) is 72.2 Å². The second-order valence-corrected chi connectivity index (χ2v) is 35.6. The summed E-state index contributed by atoms with van der Waals surface area (Å²) in [6.07, 6.45) is 7.78. The molecule has 0 bridgehead atoms. The second-order valence-electron chi connectivity index (χ2n) is 35.6. The number of benzene rings is 19. The van der Waals surface area contributed by atoms with Gasteiger partial charge in [0.1, 0.15) is 11.2 Å². The van der Waals surface area contributed by atoms with Gasteiger partial charge in [0.2, 0.25) is 0 Å². The topological polar surface area (TPSA) is 58.4 Å². The van der Waals surface area contributed by atoms with E-state index in [-0.39, 0.29) is 10.8 Å². The van der Waals surface area contributed by atoms with Crippen molar-refractivity contribution in [2.75, 3.05) is 29.4 Å².